The van der Waals surface area contributed by atoms with Crippen molar-refractivity contribution in [2.75, 3.05) is 0 Å². The second kappa shape index (κ2) is 7.53. The van der Waals surface area contributed by atoms with E-state index in [2.05, 4.69) is 51.4 Å². The van der Waals surface area contributed by atoms with Crippen LogP contribution < -0.4 is 0 Å². The van der Waals surface area contributed by atoms with Crippen molar-refractivity contribution in [3.05, 3.63) is 101 Å². The molecular formula is C23H18ClN5. The molecule has 0 saturated heterocycles. The van der Waals surface area contributed by atoms with Crippen LogP contribution in [0.4, 0.5) is 0 Å². The number of fused-ring (bicyclic) bond motifs is 1. The van der Waals surface area contributed by atoms with E-state index in [0.29, 0.717) is 0 Å². The topological polar surface area (TPSA) is 59.4 Å². The van der Waals surface area contributed by atoms with Gasteiger partial charge in [0, 0.05) is 35.4 Å². The molecule has 142 valence electrons. The minimum Gasteiger partial charge on any atom is -0.338 e. The average molecular weight is 400 g/mol. The highest BCUT2D eigenvalue weighted by atomic mass is 35.5. The van der Waals surface area contributed by atoms with Crippen LogP contribution in [-0.2, 0) is 13.0 Å². The summed E-state index contributed by atoms with van der Waals surface area (Å²) in [5, 5.41) is 0.756. The highest BCUT2D eigenvalue weighted by Gasteiger charge is 2.08. The number of halogens is 1. The van der Waals surface area contributed by atoms with E-state index in [-0.39, 0.29) is 0 Å². The molecule has 2 aromatic carbocycles. The van der Waals surface area contributed by atoms with E-state index < -0.39 is 0 Å². The number of aromatic amines is 1. The summed E-state index contributed by atoms with van der Waals surface area (Å²) in [6.45, 7) is 0.728. The van der Waals surface area contributed by atoms with Gasteiger partial charge in [-0.05, 0) is 53.4 Å². The van der Waals surface area contributed by atoms with Gasteiger partial charge in [-0.3, -0.25) is 4.98 Å². The van der Waals surface area contributed by atoms with E-state index in [4.69, 9.17) is 16.6 Å². The van der Waals surface area contributed by atoms with Crippen LogP contribution in [0, 0.1) is 0 Å². The lowest BCUT2D eigenvalue weighted by molar-refractivity contribution is 0.793. The van der Waals surface area contributed by atoms with Crippen molar-refractivity contribution in [2.24, 2.45) is 0 Å². The molecule has 0 amide bonds. The van der Waals surface area contributed by atoms with E-state index in [1.807, 2.05) is 35.3 Å². The third-order valence-electron chi connectivity index (χ3n) is 4.86. The summed E-state index contributed by atoms with van der Waals surface area (Å²) in [4.78, 5) is 16.7. The Kier molecular flexibility index (Phi) is 4.58. The molecule has 0 saturated carbocycles. The van der Waals surface area contributed by atoms with E-state index in [1.165, 1.54) is 11.1 Å². The Bertz CT molecular complexity index is 1260. The summed E-state index contributed by atoms with van der Waals surface area (Å²) in [7, 11) is 0. The smallest absolute Gasteiger partial charge is 0.140 e. The van der Waals surface area contributed by atoms with Crippen LogP contribution in [0.25, 0.3) is 22.4 Å². The zero-order valence-electron chi connectivity index (χ0n) is 15.6. The van der Waals surface area contributed by atoms with E-state index in [9.17, 15) is 0 Å². The molecule has 5 rings (SSSR count). The first kappa shape index (κ1) is 17.6. The number of pyridine rings is 1. The van der Waals surface area contributed by atoms with Crippen LogP contribution in [0.3, 0.4) is 0 Å². The van der Waals surface area contributed by atoms with Gasteiger partial charge in [0.2, 0.25) is 0 Å². The summed E-state index contributed by atoms with van der Waals surface area (Å²) in [6.07, 6.45) is 10.1. The molecule has 0 atom stereocenters. The average Bonchev–Trinajstić information content (AvgIpc) is 3.39. The van der Waals surface area contributed by atoms with Gasteiger partial charge >= 0.3 is 0 Å². The minimum absolute atomic E-state index is 0.728. The third kappa shape index (κ3) is 3.91. The number of imidazole rings is 2. The van der Waals surface area contributed by atoms with Gasteiger partial charge in [0.1, 0.15) is 5.82 Å². The SMILES string of the molecule is Clc1ccc(Cc2ccc3nc(-c4cncc(Cn5ccnc5)c4)[nH]c3c2)cc1. The molecule has 3 heterocycles. The zero-order chi connectivity index (χ0) is 19.6. The van der Waals surface area contributed by atoms with E-state index in [1.54, 1.807) is 12.5 Å². The molecule has 0 unspecified atom stereocenters. The maximum Gasteiger partial charge on any atom is 0.140 e. The van der Waals surface area contributed by atoms with Crippen LogP contribution in [0.1, 0.15) is 16.7 Å². The highest BCUT2D eigenvalue weighted by molar-refractivity contribution is 6.30. The van der Waals surface area contributed by atoms with Crippen molar-refractivity contribution < 1.29 is 0 Å². The number of H-pyrrole nitrogens is 1. The second-order valence-electron chi connectivity index (χ2n) is 7.06. The Morgan fingerprint density at radius 2 is 1.76 bits per heavy atom. The van der Waals surface area contributed by atoms with Crippen molar-refractivity contribution >= 4 is 22.6 Å². The maximum atomic E-state index is 5.98. The van der Waals surface area contributed by atoms with Gasteiger partial charge in [0.05, 0.1) is 23.9 Å². The predicted octanol–water partition coefficient (Wildman–Crippen LogP) is 5.11. The Labute approximate surface area is 173 Å². The van der Waals surface area contributed by atoms with Crippen molar-refractivity contribution in [1.29, 1.82) is 0 Å². The number of nitrogens with one attached hydrogen (secondary N) is 1. The first-order chi connectivity index (χ1) is 14.2. The molecule has 5 nitrogen and oxygen atoms in total. The fraction of sp³-hybridized carbons (Fsp3) is 0.0870. The van der Waals surface area contributed by atoms with E-state index in [0.717, 1.165) is 46.0 Å². The van der Waals surface area contributed by atoms with Crippen LogP contribution in [-0.4, -0.2) is 24.5 Å². The first-order valence-electron chi connectivity index (χ1n) is 9.36. The molecule has 0 aliphatic carbocycles. The Balaban J connectivity index is 1.42. The largest absolute Gasteiger partial charge is 0.338 e. The van der Waals surface area contributed by atoms with Crippen LogP contribution >= 0.6 is 11.6 Å². The second-order valence-corrected chi connectivity index (χ2v) is 7.49. The molecule has 6 heteroatoms. The highest BCUT2D eigenvalue weighted by Crippen LogP contribution is 2.23. The molecule has 0 bridgehead atoms. The lowest BCUT2D eigenvalue weighted by atomic mass is 10.0. The molecule has 5 aromatic rings. The quantitative estimate of drug-likeness (QED) is 0.446. The summed E-state index contributed by atoms with van der Waals surface area (Å²) in [5.41, 5.74) is 6.49. The Morgan fingerprint density at radius 3 is 2.59 bits per heavy atom. The molecule has 0 spiro atoms. The molecule has 0 aliphatic rings. The van der Waals surface area contributed by atoms with Gasteiger partial charge in [-0.15, -0.1) is 0 Å². The van der Waals surface area contributed by atoms with Gasteiger partial charge in [-0.2, -0.15) is 0 Å². The maximum absolute atomic E-state index is 5.98. The summed E-state index contributed by atoms with van der Waals surface area (Å²) >= 11 is 5.98. The van der Waals surface area contributed by atoms with Crippen molar-refractivity contribution in [2.45, 2.75) is 13.0 Å². The number of benzene rings is 2. The first-order valence-corrected chi connectivity index (χ1v) is 9.74. The summed E-state index contributed by atoms with van der Waals surface area (Å²) in [6, 6.07) is 16.4. The molecular weight excluding hydrogens is 382 g/mol. The molecule has 0 fully saturated rings. The molecule has 3 aromatic heterocycles. The number of rotatable bonds is 5. The van der Waals surface area contributed by atoms with Gasteiger partial charge in [-0.25, -0.2) is 9.97 Å². The number of hydrogen-bond acceptors (Lipinski definition) is 3. The standard InChI is InChI=1S/C23H18ClN5/c24-20-4-1-16(2-5-20)9-17-3-6-21-22(11-17)28-23(27-21)19-10-18(12-26-13-19)14-29-8-7-25-15-29/h1-8,10-13,15H,9,14H2,(H,27,28). The fourth-order valence-corrected chi connectivity index (χ4v) is 3.56. The van der Waals surface area contributed by atoms with Crippen molar-refractivity contribution in [3.63, 3.8) is 0 Å². The van der Waals surface area contributed by atoms with Crippen LogP contribution in [0.5, 0.6) is 0 Å². The van der Waals surface area contributed by atoms with Gasteiger partial charge in [0.15, 0.2) is 0 Å². The number of nitrogens with zero attached hydrogens (tertiary/aromatic N) is 4. The molecule has 0 aliphatic heterocycles. The number of aromatic nitrogens is 5. The van der Waals surface area contributed by atoms with Crippen molar-refractivity contribution in [3.8, 4) is 11.4 Å². The lowest BCUT2D eigenvalue weighted by Gasteiger charge is -2.03. The van der Waals surface area contributed by atoms with Gasteiger partial charge < -0.3 is 9.55 Å². The fourth-order valence-electron chi connectivity index (χ4n) is 3.44. The van der Waals surface area contributed by atoms with E-state index >= 15 is 0 Å². The molecule has 0 radical (unpaired) electrons. The van der Waals surface area contributed by atoms with Crippen molar-refractivity contribution in [1.82, 2.24) is 24.5 Å². The third-order valence-corrected chi connectivity index (χ3v) is 5.11. The normalized spacial score (nSPS) is 11.2. The summed E-state index contributed by atoms with van der Waals surface area (Å²) < 4.78 is 2.02. The Hall–Kier alpha value is -3.44. The van der Waals surface area contributed by atoms with Gasteiger partial charge in [-0.1, -0.05) is 29.8 Å². The Morgan fingerprint density at radius 1 is 0.897 bits per heavy atom. The monoisotopic (exact) mass is 399 g/mol. The molecule has 29 heavy (non-hydrogen) atoms. The van der Waals surface area contributed by atoms with Crippen LogP contribution in [0.15, 0.2) is 79.6 Å². The minimum atomic E-state index is 0.728. The predicted molar refractivity (Wildman–Crippen MR) is 115 cm³/mol. The molecule has 1 N–H and O–H groups in total. The zero-order valence-corrected chi connectivity index (χ0v) is 16.3. The van der Waals surface area contributed by atoms with Crippen LogP contribution in [0.2, 0.25) is 5.02 Å². The van der Waals surface area contributed by atoms with Gasteiger partial charge in [0.25, 0.3) is 0 Å². The lowest BCUT2D eigenvalue weighted by Crippen LogP contribution is -1.97. The summed E-state index contributed by atoms with van der Waals surface area (Å²) in [5.74, 6) is 0.823. The number of hydrogen-bond donors (Lipinski definition) is 1.